The summed E-state index contributed by atoms with van der Waals surface area (Å²) in [6, 6.07) is 0. The first-order chi connectivity index (χ1) is 24.5. The fourth-order valence-corrected chi connectivity index (χ4v) is 8.76. The van der Waals surface area contributed by atoms with Gasteiger partial charge in [0.05, 0.1) is 24.0 Å². The standard InChI is InChI=1S/C43H53NO8/c1-10-49-22-12-21-44-39(48)27(6)16-20-42-38(47)28-23-31-35(46)33-34(45)29-17-19-41(9,18-11-13-25(2)3)50-36(29)30(15-14-26(4)5)37(33)51-43(31,42)32(24-28)40(7,8)52-42/h10,13-14,16-17,19,23,28,32,45H,1,11-12,15,18,20-22,24H2,2-9H3,(H,44,48)/b27-16-/t28?,32?,41?,42-,43?/m1/s1. The topological polar surface area (TPSA) is 120 Å². The number of hydrogen-bond acceptors (Lipinski definition) is 8. The molecule has 1 aromatic rings. The van der Waals surface area contributed by atoms with Crippen molar-refractivity contribution < 1.29 is 38.4 Å². The summed E-state index contributed by atoms with van der Waals surface area (Å²) in [5.74, 6) is -1.25. The number of phenolic OH excluding ortho intramolecular Hbond substituents is 1. The molecule has 9 nitrogen and oxygen atoms in total. The van der Waals surface area contributed by atoms with Crippen molar-refractivity contribution in [1.82, 2.24) is 5.32 Å². The van der Waals surface area contributed by atoms with E-state index in [2.05, 4.69) is 31.8 Å². The number of aromatic hydroxyl groups is 1. The van der Waals surface area contributed by atoms with E-state index < -0.39 is 28.3 Å². The second-order valence-electron chi connectivity index (χ2n) is 16.1. The Hall–Kier alpha value is -4.37. The lowest BCUT2D eigenvalue weighted by molar-refractivity contribution is -0.171. The van der Waals surface area contributed by atoms with Gasteiger partial charge in [-0.3, -0.25) is 14.4 Å². The third-order valence-electron chi connectivity index (χ3n) is 11.3. The maximum Gasteiger partial charge on any atom is 0.246 e. The smallest absolute Gasteiger partial charge is 0.246 e. The Balaban J connectivity index is 1.47. The lowest BCUT2D eigenvalue weighted by Crippen LogP contribution is -2.72. The SMILES string of the molecule is C=COCCCNC(=O)/C(C)=C\C[C@]12OC(C)(C)C3CC(C=C4C(=O)c5c(O)c6c(c(CC=C(C)C)c5OC431)OC(C)(CCC=C(C)C)C=C6)C2=O. The van der Waals surface area contributed by atoms with Gasteiger partial charge < -0.3 is 29.4 Å². The second kappa shape index (κ2) is 13.6. The van der Waals surface area contributed by atoms with Crippen molar-refractivity contribution in [2.24, 2.45) is 11.8 Å². The summed E-state index contributed by atoms with van der Waals surface area (Å²) >= 11 is 0. The average Bonchev–Trinajstić information content (AvgIpc) is 3.23. The molecule has 52 heavy (non-hydrogen) atoms. The first kappa shape index (κ1) is 37.4. The van der Waals surface area contributed by atoms with Crippen LogP contribution in [0.3, 0.4) is 0 Å². The molecule has 9 heteroatoms. The molecule has 3 aliphatic carbocycles. The molecule has 1 aromatic carbocycles. The molecule has 2 N–H and O–H groups in total. The van der Waals surface area contributed by atoms with E-state index >= 15 is 0 Å². The number of carbonyl (C=O) groups excluding carboxylic acids is 3. The minimum Gasteiger partial charge on any atom is -0.506 e. The number of fused-ring (bicyclic) bond motifs is 2. The Kier molecular flexibility index (Phi) is 9.75. The highest BCUT2D eigenvalue weighted by Gasteiger charge is 2.81. The van der Waals surface area contributed by atoms with Gasteiger partial charge >= 0.3 is 0 Å². The van der Waals surface area contributed by atoms with E-state index in [0.717, 1.165) is 12.0 Å². The maximum atomic E-state index is 14.9. The molecule has 4 unspecified atom stereocenters. The van der Waals surface area contributed by atoms with Crippen molar-refractivity contribution in [2.75, 3.05) is 13.2 Å². The molecule has 6 aliphatic rings. The number of rotatable bonds is 13. The van der Waals surface area contributed by atoms with Crippen molar-refractivity contribution in [3.63, 3.8) is 0 Å². The van der Waals surface area contributed by atoms with Gasteiger partial charge in [-0.15, -0.1) is 0 Å². The van der Waals surface area contributed by atoms with Gasteiger partial charge in [0.1, 0.15) is 28.4 Å². The lowest BCUT2D eigenvalue weighted by Gasteiger charge is -2.56. The monoisotopic (exact) mass is 711 g/mol. The van der Waals surface area contributed by atoms with Crippen molar-refractivity contribution in [3.8, 4) is 17.2 Å². The summed E-state index contributed by atoms with van der Waals surface area (Å²) < 4.78 is 26.1. The molecule has 3 aliphatic heterocycles. The number of allylic oxidation sites excluding steroid dienone is 5. The molecule has 0 aromatic heterocycles. The molecule has 1 saturated heterocycles. The molecule has 2 fully saturated rings. The van der Waals surface area contributed by atoms with Crippen LogP contribution in [0.4, 0.5) is 0 Å². The summed E-state index contributed by atoms with van der Waals surface area (Å²) in [6.07, 6.45) is 15.8. The molecule has 0 radical (unpaired) electrons. The molecule has 4 bridgehead atoms. The number of amides is 1. The van der Waals surface area contributed by atoms with E-state index in [9.17, 15) is 19.5 Å². The third-order valence-corrected chi connectivity index (χ3v) is 11.3. The van der Waals surface area contributed by atoms with Crippen LogP contribution in [0.25, 0.3) is 6.08 Å². The first-order valence-electron chi connectivity index (χ1n) is 18.5. The molecule has 1 saturated carbocycles. The van der Waals surface area contributed by atoms with Gasteiger partial charge in [-0.25, -0.2) is 0 Å². The lowest BCUT2D eigenvalue weighted by atomic mass is 9.51. The van der Waals surface area contributed by atoms with E-state index in [4.69, 9.17) is 18.9 Å². The Labute approximate surface area is 307 Å². The zero-order valence-corrected chi connectivity index (χ0v) is 31.9. The minimum absolute atomic E-state index is 0.0307. The zero-order valence-electron chi connectivity index (χ0n) is 31.9. The fourth-order valence-electron chi connectivity index (χ4n) is 8.76. The Morgan fingerprint density at radius 1 is 1.06 bits per heavy atom. The van der Waals surface area contributed by atoms with Crippen molar-refractivity contribution in [2.45, 2.75) is 116 Å². The van der Waals surface area contributed by atoms with E-state index in [0.29, 0.717) is 66.9 Å². The molecule has 278 valence electrons. The van der Waals surface area contributed by atoms with Crippen molar-refractivity contribution in [3.05, 3.63) is 82.2 Å². The van der Waals surface area contributed by atoms with Crippen LogP contribution in [-0.4, -0.2) is 58.1 Å². The number of benzene rings is 1. The number of ketones is 2. The minimum atomic E-state index is -1.58. The Bertz CT molecular complexity index is 1870. The summed E-state index contributed by atoms with van der Waals surface area (Å²) in [5, 5.41) is 14.8. The highest BCUT2D eigenvalue weighted by Crippen LogP contribution is 2.68. The van der Waals surface area contributed by atoms with Gasteiger partial charge in [-0.05, 0) is 99.6 Å². The average molecular weight is 712 g/mol. The van der Waals surface area contributed by atoms with Crippen LogP contribution >= 0.6 is 0 Å². The fraction of sp³-hybridized carbons (Fsp3) is 0.512. The van der Waals surface area contributed by atoms with Crippen LogP contribution in [-0.2, 0) is 25.5 Å². The van der Waals surface area contributed by atoms with Gasteiger partial charge in [-0.2, -0.15) is 0 Å². The predicted molar refractivity (Wildman–Crippen MR) is 200 cm³/mol. The van der Waals surface area contributed by atoms with E-state index in [1.54, 1.807) is 19.1 Å². The van der Waals surface area contributed by atoms with Gasteiger partial charge in [0.15, 0.2) is 22.8 Å². The Morgan fingerprint density at radius 2 is 1.79 bits per heavy atom. The van der Waals surface area contributed by atoms with Crippen molar-refractivity contribution in [1.29, 1.82) is 0 Å². The Morgan fingerprint density at radius 3 is 2.48 bits per heavy atom. The van der Waals surface area contributed by atoms with Crippen LogP contribution in [0.15, 0.2) is 65.5 Å². The van der Waals surface area contributed by atoms with Crippen LogP contribution < -0.4 is 14.8 Å². The third kappa shape index (κ3) is 5.95. The van der Waals surface area contributed by atoms with Crippen molar-refractivity contribution >= 4 is 23.5 Å². The quantitative estimate of drug-likeness (QED) is 0.0920. The van der Waals surface area contributed by atoms with Crippen LogP contribution in [0, 0.1) is 11.8 Å². The van der Waals surface area contributed by atoms with Crippen LogP contribution in [0.1, 0.15) is 109 Å². The summed E-state index contributed by atoms with van der Waals surface area (Å²) in [4.78, 5) is 42.6. The number of carbonyl (C=O) groups is 3. The van der Waals surface area contributed by atoms with E-state index in [1.807, 2.05) is 52.8 Å². The number of phenols is 1. The number of hydrogen-bond donors (Lipinski definition) is 2. The van der Waals surface area contributed by atoms with Crippen LogP contribution in [0.2, 0.25) is 0 Å². The summed E-state index contributed by atoms with van der Waals surface area (Å²) in [5.41, 5.74) is -0.393. The number of Topliss-reactive ketones (excluding diaryl/α,β-unsaturated/α-hetero) is 2. The molecular weight excluding hydrogens is 658 g/mol. The maximum absolute atomic E-state index is 14.9. The first-order valence-corrected chi connectivity index (χ1v) is 18.5. The summed E-state index contributed by atoms with van der Waals surface area (Å²) in [6.45, 7) is 20.1. The second-order valence-corrected chi connectivity index (χ2v) is 16.1. The van der Waals surface area contributed by atoms with Gasteiger partial charge in [0.2, 0.25) is 5.91 Å². The number of ether oxygens (including phenoxy) is 4. The molecule has 5 atom stereocenters. The molecule has 3 heterocycles. The molecule has 7 rings (SSSR count). The predicted octanol–water partition coefficient (Wildman–Crippen LogP) is 7.82. The molecular formula is C43H53NO8. The molecule has 1 amide bonds. The van der Waals surface area contributed by atoms with E-state index in [-0.39, 0.29) is 46.9 Å². The largest absolute Gasteiger partial charge is 0.506 e. The molecule has 1 spiro atoms. The normalized spacial score (nSPS) is 28.8. The highest BCUT2D eigenvalue weighted by molar-refractivity contribution is 6.19. The van der Waals surface area contributed by atoms with Crippen LogP contribution in [0.5, 0.6) is 17.2 Å². The number of nitrogens with one attached hydrogen (secondary N) is 1. The van der Waals surface area contributed by atoms with Gasteiger partial charge in [0, 0.05) is 41.5 Å². The van der Waals surface area contributed by atoms with E-state index in [1.165, 1.54) is 11.8 Å². The highest BCUT2D eigenvalue weighted by atomic mass is 16.6. The zero-order chi connectivity index (χ0) is 37.8. The van der Waals surface area contributed by atoms with Gasteiger partial charge in [0.25, 0.3) is 0 Å². The summed E-state index contributed by atoms with van der Waals surface area (Å²) in [7, 11) is 0. The van der Waals surface area contributed by atoms with Gasteiger partial charge in [-0.1, -0.05) is 42.0 Å².